The number of esters is 1. The van der Waals surface area contributed by atoms with E-state index in [0.717, 1.165) is 30.7 Å². The summed E-state index contributed by atoms with van der Waals surface area (Å²) in [4.78, 5) is 11.7. The average Bonchev–Trinajstić information content (AvgIpc) is 3.30. The van der Waals surface area contributed by atoms with Crippen LogP contribution in [0.25, 0.3) is 0 Å². The minimum Gasteiger partial charge on any atom is -0.458 e. The van der Waals surface area contributed by atoms with Gasteiger partial charge in [0.15, 0.2) is 0 Å². The predicted molar refractivity (Wildman–Crippen MR) is 124 cm³/mol. The molecule has 0 aromatic heterocycles. The highest BCUT2D eigenvalue weighted by Crippen LogP contribution is 2.67. The van der Waals surface area contributed by atoms with Crippen molar-refractivity contribution in [1.82, 2.24) is 0 Å². The Kier molecular flexibility index (Phi) is 5.63. The maximum absolute atomic E-state index is 11.7. The first-order valence-electron chi connectivity index (χ1n) is 12.4. The number of rotatable bonds is 5. The van der Waals surface area contributed by atoms with E-state index in [0.29, 0.717) is 28.6 Å². The van der Waals surface area contributed by atoms with Crippen molar-refractivity contribution in [2.24, 2.45) is 40.2 Å². The second-order valence-electron chi connectivity index (χ2n) is 11.1. The molecule has 0 aromatic carbocycles. The third kappa shape index (κ3) is 3.32. The second-order valence-corrected chi connectivity index (χ2v) is 12.5. The van der Waals surface area contributed by atoms with Crippen molar-refractivity contribution in [3.05, 3.63) is 23.3 Å². The highest BCUT2D eigenvalue weighted by Gasteiger charge is 2.59. The maximum atomic E-state index is 11.7. The molecule has 1 aliphatic heterocycles. The highest BCUT2D eigenvalue weighted by molar-refractivity contribution is 8.00. The van der Waals surface area contributed by atoms with Crippen molar-refractivity contribution < 1.29 is 9.53 Å². The van der Waals surface area contributed by atoms with Gasteiger partial charge in [-0.05, 0) is 110 Å². The largest absolute Gasteiger partial charge is 0.458 e. The molecule has 4 heteroatoms. The number of hydrogen-bond acceptors (Lipinski definition) is 4. The van der Waals surface area contributed by atoms with E-state index >= 15 is 0 Å². The summed E-state index contributed by atoms with van der Waals surface area (Å²) >= 11 is 2.13. The van der Waals surface area contributed by atoms with Crippen LogP contribution in [-0.4, -0.2) is 30.1 Å². The fraction of sp³-hybridized carbons (Fsp3) is 0.808. The first-order valence-corrected chi connectivity index (χ1v) is 13.4. The van der Waals surface area contributed by atoms with E-state index < -0.39 is 0 Å². The summed E-state index contributed by atoms with van der Waals surface area (Å²) in [6.07, 6.45) is 16.3. The Morgan fingerprint density at radius 1 is 1.13 bits per heavy atom. The van der Waals surface area contributed by atoms with E-state index in [-0.39, 0.29) is 5.97 Å². The van der Waals surface area contributed by atoms with E-state index in [4.69, 9.17) is 10.5 Å². The van der Waals surface area contributed by atoms with Crippen LogP contribution < -0.4 is 5.73 Å². The van der Waals surface area contributed by atoms with Crippen molar-refractivity contribution in [3.63, 3.8) is 0 Å². The lowest BCUT2D eigenvalue weighted by molar-refractivity contribution is -0.135. The molecule has 0 saturated heterocycles. The van der Waals surface area contributed by atoms with Crippen LogP contribution in [-0.2, 0) is 9.53 Å². The van der Waals surface area contributed by atoms with Gasteiger partial charge >= 0.3 is 5.97 Å². The Hall–Kier alpha value is -0.740. The van der Waals surface area contributed by atoms with Crippen molar-refractivity contribution in [3.8, 4) is 0 Å². The first kappa shape index (κ1) is 21.1. The van der Waals surface area contributed by atoms with Gasteiger partial charge in [0.05, 0.1) is 0 Å². The zero-order chi connectivity index (χ0) is 20.9. The van der Waals surface area contributed by atoms with Gasteiger partial charge in [-0.2, -0.15) is 11.8 Å². The fourth-order valence-corrected chi connectivity index (χ4v) is 9.53. The smallest absolute Gasteiger partial charge is 0.331 e. The van der Waals surface area contributed by atoms with Gasteiger partial charge < -0.3 is 10.5 Å². The average molecular weight is 430 g/mol. The standard InChI is InChI=1S/C26H39NO2S/c1-25-10-8-19(30-13-3-12-27)15-18(25)4-5-20-22-7-6-21(17-14-24(28)29-16-17)26(22,2)11-9-23(20)25/h14-15,19-23H,3-13,16,27H2,1-2H3/t19-,20-,21+,22-,23-,25-,26+/m0/s1. The monoisotopic (exact) mass is 429 g/mol. The molecule has 3 fully saturated rings. The molecule has 30 heavy (non-hydrogen) atoms. The molecule has 0 amide bonds. The fourth-order valence-electron chi connectivity index (χ4n) is 8.35. The van der Waals surface area contributed by atoms with Gasteiger partial charge in [-0.15, -0.1) is 0 Å². The zero-order valence-electron chi connectivity index (χ0n) is 18.8. The van der Waals surface area contributed by atoms with Crippen molar-refractivity contribution >= 4 is 17.7 Å². The molecule has 3 nitrogen and oxygen atoms in total. The Labute approximate surface area is 186 Å². The van der Waals surface area contributed by atoms with Gasteiger partial charge in [0.25, 0.3) is 0 Å². The number of allylic oxidation sites excluding steroid dienone is 1. The molecule has 0 spiro atoms. The van der Waals surface area contributed by atoms with Crippen LogP contribution in [0.15, 0.2) is 23.3 Å². The summed E-state index contributed by atoms with van der Waals surface area (Å²) in [5.74, 6) is 4.21. The van der Waals surface area contributed by atoms with Crippen molar-refractivity contribution in [2.75, 3.05) is 18.9 Å². The van der Waals surface area contributed by atoms with Crippen molar-refractivity contribution in [1.29, 1.82) is 0 Å². The lowest BCUT2D eigenvalue weighted by Crippen LogP contribution is -2.50. The first-order chi connectivity index (χ1) is 14.5. The number of nitrogens with two attached hydrogens (primary N) is 1. The third-order valence-electron chi connectivity index (χ3n) is 9.88. The SMILES string of the molecule is C[C@]12CC[C@H]3[C@@H](CCC4=C[C@@H](SCCCN)CC[C@@]43C)[C@@H]1CC[C@@H]2C1=CC(=O)OC1. The zero-order valence-corrected chi connectivity index (χ0v) is 19.6. The van der Waals surface area contributed by atoms with Crippen LogP contribution in [0.2, 0.25) is 0 Å². The summed E-state index contributed by atoms with van der Waals surface area (Å²) in [7, 11) is 0. The lowest BCUT2D eigenvalue weighted by atomic mass is 9.46. The molecule has 0 aromatic rings. The minimum absolute atomic E-state index is 0.119. The minimum atomic E-state index is -0.119. The van der Waals surface area contributed by atoms with Crippen LogP contribution in [0.3, 0.4) is 0 Å². The van der Waals surface area contributed by atoms with E-state index in [1.807, 2.05) is 6.08 Å². The number of thioether (sulfide) groups is 1. The quantitative estimate of drug-likeness (QED) is 0.356. The second kappa shape index (κ2) is 7.99. The number of carbonyl (C=O) groups excluding carboxylic acids is 1. The van der Waals surface area contributed by atoms with E-state index in [1.54, 1.807) is 5.57 Å². The van der Waals surface area contributed by atoms with Gasteiger partial charge in [-0.1, -0.05) is 25.5 Å². The predicted octanol–water partition coefficient (Wildman–Crippen LogP) is 5.50. The van der Waals surface area contributed by atoms with E-state index in [9.17, 15) is 4.79 Å². The number of cyclic esters (lactones) is 1. The molecule has 5 aliphatic rings. The summed E-state index contributed by atoms with van der Waals surface area (Å²) in [5.41, 5.74) is 9.58. The Morgan fingerprint density at radius 2 is 2.00 bits per heavy atom. The van der Waals surface area contributed by atoms with E-state index in [1.165, 1.54) is 62.7 Å². The van der Waals surface area contributed by atoms with Gasteiger partial charge in [-0.25, -0.2) is 4.79 Å². The Morgan fingerprint density at radius 3 is 2.77 bits per heavy atom. The molecule has 1 heterocycles. The topological polar surface area (TPSA) is 52.3 Å². The molecule has 5 rings (SSSR count). The normalized spacial score (nSPS) is 45.2. The summed E-state index contributed by atoms with van der Waals surface area (Å²) in [5, 5.41) is 0.715. The van der Waals surface area contributed by atoms with Crippen LogP contribution in [0.4, 0.5) is 0 Å². The van der Waals surface area contributed by atoms with Crippen LogP contribution >= 0.6 is 11.8 Å². The van der Waals surface area contributed by atoms with Gasteiger partial charge in [0, 0.05) is 11.3 Å². The molecule has 2 N–H and O–H groups in total. The number of ether oxygens (including phenoxy) is 1. The lowest BCUT2D eigenvalue weighted by Gasteiger charge is -2.58. The van der Waals surface area contributed by atoms with Crippen LogP contribution in [0, 0.1) is 34.5 Å². The van der Waals surface area contributed by atoms with E-state index in [2.05, 4.69) is 31.7 Å². The molecule has 3 saturated carbocycles. The van der Waals surface area contributed by atoms with Gasteiger partial charge in [0.1, 0.15) is 6.61 Å². The molecule has 166 valence electrons. The molecule has 0 unspecified atom stereocenters. The third-order valence-corrected chi connectivity index (χ3v) is 11.2. The maximum Gasteiger partial charge on any atom is 0.331 e. The molecule has 4 aliphatic carbocycles. The van der Waals surface area contributed by atoms with Gasteiger partial charge in [-0.3, -0.25) is 0 Å². The summed E-state index contributed by atoms with van der Waals surface area (Å²) in [6.45, 7) is 6.52. The Balaban J connectivity index is 1.34. The van der Waals surface area contributed by atoms with Crippen LogP contribution in [0.5, 0.6) is 0 Å². The number of hydrogen-bond donors (Lipinski definition) is 1. The number of carbonyl (C=O) groups is 1. The summed E-state index contributed by atoms with van der Waals surface area (Å²) in [6, 6.07) is 0. The number of fused-ring (bicyclic) bond motifs is 5. The summed E-state index contributed by atoms with van der Waals surface area (Å²) < 4.78 is 5.29. The molecular weight excluding hydrogens is 390 g/mol. The molecular formula is C26H39NO2S. The van der Waals surface area contributed by atoms with Gasteiger partial charge in [0.2, 0.25) is 0 Å². The van der Waals surface area contributed by atoms with Crippen LogP contribution in [0.1, 0.15) is 71.6 Å². The van der Waals surface area contributed by atoms with Crippen molar-refractivity contribution in [2.45, 2.75) is 76.9 Å². The Bertz CT molecular complexity index is 760. The molecule has 7 atom stereocenters. The molecule has 0 bridgehead atoms. The highest BCUT2D eigenvalue weighted by atomic mass is 32.2. The molecule has 0 radical (unpaired) electrons.